The van der Waals surface area contributed by atoms with Gasteiger partial charge in [0.05, 0.1) is 17.1 Å². The fourth-order valence-electron chi connectivity index (χ4n) is 11.7. The Morgan fingerprint density at radius 1 is 0.773 bits per heavy atom. The number of nitrogens with two attached hydrogens (primary N) is 1. The maximum absolute atomic E-state index is 14.4. The van der Waals surface area contributed by atoms with E-state index in [2.05, 4.69) is 5.32 Å². The molecule has 0 unspecified atom stereocenters. The number of esters is 2. The average Bonchev–Trinajstić information content (AvgIpc) is 2.90. The molecular weight excluding hydrogens is 554 g/mol. The van der Waals surface area contributed by atoms with E-state index in [9.17, 15) is 14.4 Å². The van der Waals surface area contributed by atoms with Crippen molar-refractivity contribution < 1.29 is 28.4 Å². The second-order valence-corrected chi connectivity index (χ2v) is 15.9. The van der Waals surface area contributed by atoms with Crippen LogP contribution < -0.4 is 15.6 Å². The molecule has 1 aliphatic heterocycles. The Labute approximate surface area is 259 Å². The van der Waals surface area contributed by atoms with E-state index in [4.69, 9.17) is 15.2 Å². The van der Waals surface area contributed by atoms with Crippen LogP contribution >= 0.6 is 0 Å². The van der Waals surface area contributed by atoms with Crippen LogP contribution in [0.2, 0.25) is 0 Å². The molecule has 8 nitrogen and oxygen atoms in total. The van der Waals surface area contributed by atoms with Crippen molar-refractivity contribution in [3.8, 4) is 0 Å². The molecule has 44 heavy (non-hydrogen) atoms. The maximum atomic E-state index is 14.4. The van der Waals surface area contributed by atoms with Crippen molar-refractivity contribution in [3.63, 3.8) is 0 Å². The van der Waals surface area contributed by atoms with Gasteiger partial charge in [0.2, 0.25) is 6.54 Å². The highest BCUT2D eigenvalue weighted by Crippen LogP contribution is 2.59. The molecule has 1 amide bonds. The molecule has 234 valence electrons. The van der Waals surface area contributed by atoms with Gasteiger partial charge in [-0.1, -0.05) is 0 Å². The van der Waals surface area contributed by atoms with Crippen molar-refractivity contribution in [2.45, 2.75) is 115 Å². The SMILES string of the molecule is CC1=C(C(=O)OC23CC4CC(CC(C4)C2)C3)C(c2ccc[n+](CC(N)=O)c2)C(C(=O)OC23CC4CC(CC(C4)C2)C3)=C(C)N1. The number of primary amides is 1. The van der Waals surface area contributed by atoms with Crippen LogP contribution in [0.5, 0.6) is 0 Å². The zero-order valence-corrected chi connectivity index (χ0v) is 26.1. The minimum absolute atomic E-state index is 0.00428. The van der Waals surface area contributed by atoms with E-state index in [1.54, 1.807) is 10.8 Å². The molecule has 1 aromatic heterocycles. The molecule has 0 atom stereocenters. The van der Waals surface area contributed by atoms with Gasteiger partial charge in [-0.2, -0.15) is 4.57 Å². The highest BCUT2D eigenvalue weighted by molar-refractivity contribution is 6.00. The van der Waals surface area contributed by atoms with Crippen LogP contribution in [0.4, 0.5) is 0 Å². The Morgan fingerprint density at radius 3 is 1.57 bits per heavy atom. The number of hydrogen-bond donors (Lipinski definition) is 2. The van der Waals surface area contributed by atoms with Gasteiger partial charge in [-0.15, -0.1) is 0 Å². The standard InChI is InChI=1S/C36H45N3O5/c1-20-30(33(41)43-35-12-22-6-23(13-35)8-24(7-22)14-35)32(28-4-3-5-39(18-28)19-29(37)40)31(21(2)38-20)34(42)44-36-15-25-9-26(16-36)11-27(10-25)17-36/h3-5,18,22-27,32H,6-17,19H2,1-2H3,(H2-,37,38,40,41,42)/p+1. The number of hydrogen-bond acceptors (Lipinski definition) is 6. The Kier molecular flexibility index (Phi) is 6.55. The average molecular weight is 601 g/mol. The summed E-state index contributed by atoms with van der Waals surface area (Å²) in [6.45, 7) is 3.80. The second kappa shape index (κ2) is 10.2. The lowest BCUT2D eigenvalue weighted by Gasteiger charge is -2.56. The number of pyridine rings is 1. The van der Waals surface area contributed by atoms with E-state index in [0.29, 0.717) is 58.0 Å². The van der Waals surface area contributed by atoms with Gasteiger partial charge in [0.1, 0.15) is 11.2 Å². The van der Waals surface area contributed by atoms with Crippen LogP contribution in [0, 0.1) is 35.5 Å². The van der Waals surface area contributed by atoms with Gasteiger partial charge in [0.25, 0.3) is 5.91 Å². The highest BCUT2D eigenvalue weighted by Gasteiger charge is 2.56. The van der Waals surface area contributed by atoms with Gasteiger partial charge >= 0.3 is 11.9 Å². The molecule has 0 spiro atoms. The number of ether oxygens (including phenoxy) is 2. The first-order chi connectivity index (χ1) is 21.1. The molecule has 1 aromatic rings. The van der Waals surface area contributed by atoms with Gasteiger partial charge in [-0.25, -0.2) is 9.59 Å². The van der Waals surface area contributed by atoms with Crippen LogP contribution in [-0.4, -0.2) is 29.0 Å². The lowest BCUT2D eigenvalue weighted by Crippen LogP contribution is -2.53. The largest absolute Gasteiger partial charge is 0.456 e. The summed E-state index contributed by atoms with van der Waals surface area (Å²) in [5.74, 6) is 1.99. The first-order valence-electron chi connectivity index (χ1n) is 17.0. The zero-order chi connectivity index (χ0) is 30.4. The van der Waals surface area contributed by atoms with Crippen LogP contribution in [0.3, 0.4) is 0 Å². The number of allylic oxidation sites excluding steroid dienone is 2. The van der Waals surface area contributed by atoms with Crippen molar-refractivity contribution in [2.75, 3.05) is 0 Å². The fourth-order valence-corrected chi connectivity index (χ4v) is 11.7. The van der Waals surface area contributed by atoms with Gasteiger partial charge in [-0.3, -0.25) is 4.79 Å². The van der Waals surface area contributed by atoms with Crippen LogP contribution in [0.1, 0.15) is 102 Å². The quantitative estimate of drug-likeness (QED) is 0.346. The van der Waals surface area contributed by atoms with E-state index in [0.717, 1.165) is 44.1 Å². The Balaban J connectivity index is 1.15. The van der Waals surface area contributed by atoms with Gasteiger partial charge in [0.15, 0.2) is 12.4 Å². The van der Waals surface area contributed by atoms with Crippen LogP contribution in [-0.2, 0) is 30.4 Å². The number of dihydropyridines is 1. The summed E-state index contributed by atoms with van der Waals surface area (Å²) in [5.41, 5.74) is 7.76. The maximum Gasteiger partial charge on any atom is 0.337 e. The van der Waals surface area contributed by atoms with Crippen molar-refractivity contribution in [1.82, 2.24) is 5.32 Å². The molecule has 8 saturated carbocycles. The number of carbonyl (C=O) groups is 3. The van der Waals surface area contributed by atoms with E-state index < -0.39 is 23.0 Å². The molecule has 9 aliphatic rings. The summed E-state index contributed by atoms with van der Waals surface area (Å²) in [4.78, 5) is 40.7. The summed E-state index contributed by atoms with van der Waals surface area (Å²) in [6.07, 6.45) is 16.8. The van der Waals surface area contributed by atoms with Crippen LogP contribution in [0.25, 0.3) is 0 Å². The predicted octanol–water partition coefficient (Wildman–Crippen LogP) is 4.72. The molecule has 8 fully saturated rings. The van der Waals surface area contributed by atoms with Gasteiger partial charge in [0, 0.05) is 23.0 Å². The number of amides is 1. The minimum Gasteiger partial charge on any atom is -0.456 e. The third kappa shape index (κ3) is 4.87. The molecule has 10 rings (SSSR count). The first-order valence-corrected chi connectivity index (χ1v) is 17.0. The normalized spacial score (nSPS) is 39.8. The van der Waals surface area contributed by atoms with E-state index >= 15 is 0 Å². The van der Waals surface area contributed by atoms with E-state index in [-0.39, 0.29) is 18.5 Å². The Morgan fingerprint density at radius 2 is 1.18 bits per heavy atom. The third-order valence-electron chi connectivity index (χ3n) is 12.3. The number of nitrogens with one attached hydrogen (secondary N) is 1. The molecule has 3 N–H and O–H groups in total. The predicted molar refractivity (Wildman–Crippen MR) is 161 cm³/mol. The van der Waals surface area contributed by atoms with Gasteiger partial charge in [-0.05, 0) is 132 Å². The summed E-state index contributed by atoms with van der Waals surface area (Å²) in [5, 5.41) is 3.38. The first kappa shape index (κ1) is 28.3. The molecule has 0 radical (unpaired) electrons. The summed E-state index contributed by atoms with van der Waals surface area (Å²) >= 11 is 0. The van der Waals surface area contributed by atoms with Gasteiger partial charge < -0.3 is 20.5 Å². The Bertz CT molecular complexity index is 1340. The molecule has 0 aromatic carbocycles. The molecular formula is C36H46N3O5+. The second-order valence-electron chi connectivity index (χ2n) is 15.9. The van der Waals surface area contributed by atoms with E-state index in [1.165, 1.54) is 38.5 Å². The van der Waals surface area contributed by atoms with Crippen molar-refractivity contribution in [1.29, 1.82) is 0 Å². The molecule has 8 bridgehead atoms. The highest BCUT2D eigenvalue weighted by atomic mass is 16.6. The topological polar surface area (TPSA) is 112 Å². The molecule has 2 heterocycles. The lowest BCUT2D eigenvalue weighted by atomic mass is 9.54. The fraction of sp³-hybridized carbons (Fsp3) is 0.667. The van der Waals surface area contributed by atoms with Crippen molar-refractivity contribution >= 4 is 17.8 Å². The summed E-state index contributed by atoms with van der Waals surface area (Å²) < 4.78 is 14.9. The molecule has 0 saturated heterocycles. The summed E-state index contributed by atoms with van der Waals surface area (Å²) in [6, 6.07) is 3.76. The van der Waals surface area contributed by atoms with Crippen molar-refractivity contribution in [2.24, 2.45) is 41.2 Å². The smallest absolute Gasteiger partial charge is 0.337 e. The minimum atomic E-state index is -0.681. The Hall–Kier alpha value is -3.16. The summed E-state index contributed by atoms with van der Waals surface area (Å²) in [7, 11) is 0. The van der Waals surface area contributed by atoms with Crippen LogP contribution in [0.15, 0.2) is 47.1 Å². The third-order valence-corrected chi connectivity index (χ3v) is 12.3. The number of nitrogens with zero attached hydrogens (tertiary/aromatic N) is 1. The molecule has 8 aliphatic carbocycles. The lowest BCUT2D eigenvalue weighted by molar-refractivity contribution is -0.684. The zero-order valence-electron chi connectivity index (χ0n) is 26.1. The van der Waals surface area contributed by atoms with Crippen molar-refractivity contribution in [3.05, 3.63) is 52.6 Å². The van der Waals surface area contributed by atoms with E-state index in [1.807, 2.05) is 32.2 Å². The monoisotopic (exact) mass is 600 g/mol. The number of carbonyl (C=O) groups excluding carboxylic acids is 3. The molecule has 8 heteroatoms. The number of rotatable bonds is 7. The number of aromatic nitrogens is 1.